The number of amides is 1. The molecule has 0 atom stereocenters. The number of aromatic hydroxyl groups is 1. The number of nitrogens with zero attached hydrogens (tertiary/aromatic N) is 2. The minimum absolute atomic E-state index is 0.00679. The van der Waals surface area contributed by atoms with Crippen LogP contribution in [0.1, 0.15) is 73.5 Å². The van der Waals surface area contributed by atoms with Crippen LogP contribution in [0.25, 0.3) is 0 Å². The normalized spacial score (nSPS) is 15.5. The number of fused-ring (bicyclic) bond motifs is 1. The summed E-state index contributed by atoms with van der Waals surface area (Å²) in [6, 6.07) is 21.6. The van der Waals surface area contributed by atoms with Gasteiger partial charge in [0.1, 0.15) is 11.5 Å². The average molecular weight is 501 g/mol. The molecule has 0 saturated carbocycles. The Kier molecular flexibility index (Phi) is 8.55. The summed E-state index contributed by atoms with van der Waals surface area (Å²) < 4.78 is 5.37. The zero-order valence-electron chi connectivity index (χ0n) is 22.7. The van der Waals surface area contributed by atoms with Gasteiger partial charge in [0.2, 0.25) is 0 Å². The van der Waals surface area contributed by atoms with E-state index in [1.807, 2.05) is 53.4 Å². The number of hydrogen-bond donors (Lipinski definition) is 1. The van der Waals surface area contributed by atoms with E-state index >= 15 is 0 Å². The number of methoxy groups -OCH3 is 1. The van der Waals surface area contributed by atoms with Crippen LogP contribution >= 0.6 is 0 Å². The van der Waals surface area contributed by atoms with Gasteiger partial charge in [0.15, 0.2) is 0 Å². The van der Waals surface area contributed by atoms with Crippen molar-refractivity contribution in [1.82, 2.24) is 4.90 Å². The lowest BCUT2D eigenvalue weighted by Crippen LogP contribution is -2.33. The third-order valence-corrected chi connectivity index (χ3v) is 7.18. The maximum absolute atomic E-state index is 13.8. The smallest absolute Gasteiger partial charge is 0.258 e. The predicted molar refractivity (Wildman–Crippen MR) is 151 cm³/mol. The van der Waals surface area contributed by atoms with Crippen molar-refractivity contribution in [2.75, 3.05) is 25.1 Å². The molecule has 0 unspecified atom stereocenters. The molecule has 0 bridgehead atoms. The number of para-hydroxylation sites is 1. The van der Waals surface area contributed by atoms with E-state index in [1.54, 1.807) is 7.11 Å². The molecule has 0 fully saturated rings. The molecule has 3 aromatic carbocycles. The standard InChI is InChI=1S/C32H40N2O3/c1-32(2,3)27-16-17-30(35)26(20-27)23-33-18-9-5-6-10-19-34(29-15-8-7-12-25(29)22-33)31(36)24-13-11-14-28(21-24)37-4/h7-8,11-17,20-21,35H,5-6,9-10,18-19,22-23H2,1-4H3. The Labute approximate surface area is 221 Å². The Morgan fingerprint density at radius 3 is 2.43 bits per heavy atom. The molecule has 0 aromatic heterocycles. The number of carbonyl (C=O) groups is 1. The molecule has 0 saturated heterocycles. The van der Waals surface area contributed by atoms with Crippen LogP contribution in [-0.4, -0.2) is 36.1 Å². The molecular formula is C32H40N2O3. The van der Waals surface area contributed by atoms with E-state index in [0.717, 1.165) is 49.0 Å². The summed E-state index contributed by atoms with van der Waals surface area (Å²) in [5, 5.41) is 10.7. The fraction of sp³-hybridized carbons (Fsp3) is 0.406. The second-order valence-corrected chi connectivity index (χ2v) is 11.0. The second-order valence-electron chi connectivity index (χ2n) is 11.0. The maximum atomic E-state index is 13.8. The van der Waals surface area contributed by atoms with Crippen molar-refractivity contribution in [3.05, 3.63) is 89.0 Å². The molecule has 5 heteroatoms. The minimum atomic E-state index is -0.00679. The average Bonchev–Trinajstić information content (AvgIpc) is 2.92. The molecule has 196 valence electrons. The van der Waals surface area contributed by atoms with Crippen LogP contribution in [0.5, 0.6) is 11.5 Å². The van der Waals surface area contributed by atoms with Gasteiger partial charge in [-0.05, 0) is 66.3 Å². The largest absolute Gasteiger partial charge is 0.508 e. The molecule has 1 N–H and O–H groups in total. The summed E-state index contributed by atoms with van der Waals surface area (Å²) in [4.78, 5) is 18.1. The van der Waals surface area contributed by atoms with E-state index < -0.39 is 0 Å². The SMILES string of the molecule is COc1cccc(C(=O)N2CCCCCCN(Cc3cc(C(C)(C)C)ccc3O)Cc3ccccc32)c1. The molecule has 1 heterocycles. The van der Waals surface area contributed by atoms with Gasteiger partial charge in [0.25, 0.3) is 5.91 Å². The lowest BCUT2D eigenvalue weighted by molar-refractivity contribution is 0.0986. The summed E-state index contributed by atoms with van der Waals surface area (Å²) >= 11 is 0. The Morgan fingerprint density at radius 1 is 0.919 bits per heavy atom. The fourth-order valence-corrected chi connectivity index (χ4v) is 4.98. The van der Waals surface area contributed by atoms with Gasteiger partial charge in [-0.1, -0.05) is 70.0 Å². The Balaban J connectivity index is 1.66. The van der Waals surface area contributed by atoms with Crippen LogP contribution in [0.4, 0.5) is 5.69 Å². The van der Waals surface area contributed by atoms with Gasteiger partial charge in [0.05, 0.1) is 7.11 Å². The first-order chi connectivity index (χ1) is 17.8. The number of benzene rings is 3. The molecule has 4 rings (SSSR count). The van der Waals surface area contributed by atoms with Crippen LogP contribution < -0.4 is 9.64 Å². The first-order valence-corrected chi connectivity index (χ1v) is 13.3. The number of ether oxygens (including phenoxy) is 1. The van der Waals surface area contributed by atoms with E-state index in [4.69, 9.17) is 4.74 Å². The highest BCUT2D eigenvalue weighted by molar-refractivity contribution is 6.06. The Morgan fingerprint density at radius 2 is 1.68 bits per heavy atom. The highest BCUT2D eigenvalue weighted by Crippen LogP contribution is 2.31. The van der Waals surface area contributed by atoms with E-state index in [-0.39, 0.29) is 11.3 Å². The number of hydrogen-bond acceptors (Lipinski definition) is 4. The molecule has 3 aromatic rings. The topological polar surface area (TPSA) is 53.0 Å². The molecule has 1 amide bonds. The molecule has 1 aliphatic heterocycles. The zero-order valence-corrected chi connectivity index (χ0v) is 22.7. The summed E-state index contributed by atoms with van der Waals surface area (Å²) in [7, 11) is 1.62. The van der Waals surface area contributed by atoms with Crippen molar-refractivity contribution in [3.8, 4) is 11.5 Å². The summed E-state index contributed by atoms with van der Waals surface area (Å²) in [5.41, 5.74) is 4.88. The van der Waals surface area contributed by atoms with Crippen molar-refractivity contribution in [3.63, 3.8) is 0 Å². The highest BCUT2D eigenvalue weighted by atomic mass is 16.5. The monoisotopic (exact) mass is 500 g/mol. The van der Waals surface area contributed by atoms with Crippen molar-refractivity contribution in [2.45, 2.75) is 65.0 Å². The van der Waals surface area contributed by atoms with Gasteiger partial charge < -0.3 is 14.7 Å². The lowest BCUT2D eigenvalue weighted by Gasteiger charge is -2.28. The summed E-state index contributed by atoms with van der Waals surface area (Å²) in [6.45, 7) is 9.58. The van der Waals surface area contributed by atoms with Crippen LogP contribution in [-0.2, 0) is 18.5 Å². The second kappa shape index (κ2) is 11.8. The van der Waals surface area contributed by atoms with Gasteiger partial charge in [-0.3, -0.25) is 9.69 Å². The number of phenolic OH excluding ortho intramolecular Hbond substituents is 1. The Bertz CT molecular complexity index is 1210. The van der Waals surface area contributed by atoms with Gasteiger partial charge in [-0.15, -0.1) is 0 Å². The third-order valence-electron chi connectivity index (χ3n) is 7.18. The highest BCUT2D eigenvalue weighted by Gasteiger charge is 2.23. The molecule has 37 heavy (non-hydrogen) atoms. The molecule has 1 aliphatic rings. The van der Waals surface area contributed by atoms with E-state index in [2.05, 4.69) is 43.9 Å². The van der Waals surface area contributed by atoms with Crippen molar-refractivity contribution >= 4 is 11.6 Å². The first-order valence-electron chi connectivity index (χ1n) is 13.3. The quantitative estimate of drug-likeness (QED) is 0.422. The number of rotatable bonds is 4. The van der Waals surface area contributed by atoms with Gasteiger partial charge in [0, 0.05) is 36.4 Å². The Hall–Kier alpha value is -3.31. The van der Waals surface area contributed by atoms with Gasteiger partial charge in [-0.25, -0.2) is 0 Å². The van der Waals surface area contributed by atoms with Crippen LogP contribution in [0.2, 0.25) is 0 Å². The minimum Gasteiger partial charge on any atom is -0.508 e. The zero-order chi connectivity index (χ0) is 26.4. The predicted octanol–water partition coefficient (Wildman–Crippen LogP) is 6.92. The van der Waals surface area contributed by atoms with Crippen LogP contribution in [0.3, 0.4) is 0 Å². The third kappa shape index (κ3) is 6.72. The lowest BCUT2D eigenvalue weighted by atomic mass is 9.86. The molecule has 0 spiro atoms. The molecular weight excluding hydrogens is 460 g/mol. The van der Waals surface area contributed by atoms with E-state index in [1.165, 1.54) is 5.56 Å². The molecule has 5 nitrogen and oxygen atoms in total. The maximum Gasteiger partial charge on any atom is 0.258 e. The van der Waals surface area contributed by atoms with Crippen molar-refractivity contribution in [1.29, 1.82) is 0 Å². The van der Waals surface area contributed by atoms with Crippen molar-refractivity contribution < 1.29 is 14.6 Å². The van der Waals surface area contributed by atoms with Crippen molar-refractivity contribution in [2.24, 2.45) is 0 Å². The van der Waals surface area contributed by atoms with E-state index in [0.29, 0.717) is 36.7 Å². The summed E-state index contributed by atoms with van der Waals surface area (Å²) in [5.74, 6) is 1.01. The van der Waals surface area contributed by atoms with E-state index in [9.17, 15) is 9.90 Å². The molecule has 0 aliphatic carbocycles. The number of anilines is 1. The summed E-state index contributed by atoms with van der Waals surface area (Å²) in [6.07, 6.45) is 4.23. The number of carbonyl (C=O) groups excluding carboxylic acids is 1. The van der Waals surface area contributed by atoms with Gasteiger partial charge >= 0.3 is 0 Å². The van der Waals surface area contributed by atoms with Gasteiger partial charge in [-0.2, -0.15) is 0 Å². The molecule has 0 radical (unpaired) electrons. The first kappa shape index (κ1) is 26.7. The fourth-order valence-electron chi connectivity index (χ4n) is 4.98. The van der Waals surface area contributed by atoms with Crippen LogP contribution in [0.15, 0.2) is 66.7 Å². The number of phenols is 1. The van der Waals surface area contributed by atoms with Crippen LogP contribution in [0, 0.1) is 0 Å².